The maximum atomic E-state index is 12.1. The maximum absolute atomic E-state index is 12.1. The highest BCUT2D eigenvalue weighted by atomic mass is 79.9. The van der Waals surface area contributed by atoms with E-state index in [0.29, 0.717) is 10.4 Å². The number of amides is 1. The van der Waals surface area contributed by atoms with Crippen LogP contribution >= 0.6 is 27.3 Å². The van der Waals surface area contributed by atoms with E-state index in [-0.39, 0.29) is 5.78 Å². The molecular formula is C9H5BrF3NO2S. The third-order valence-electron chi connectivity index (χ3n) is 2.34. The van der Waals surface area contributed by atoms with Gasteiger partial charge in [0.1, 0.15) is 4.83 Å². The lowest BCUT2D eigenvalue weighted by atomic mass is 10.2. The van der Waals surface area contributed by atoms with Crippen molar-refractivity contribution in [2.24, 2.45) is 0 Å². The van der Waals surface area contributed by atoms with Crippen LogP contribution in [0.2, 0.25) is 0 Å². The zero-order valence-corrected chi connectivity index (χ0v) is 10.4. The Bertz CT molecular complexity index is 485. The summed E-state index contributed by atoms with van der Waals surface area (Å²) in [5.74, 6) is -2.35. The fraction of sp³-hybridized carbons (Fsp3) is 0.333. The first-order valence-electron chi connectivity index (χ1n) is 4.45. The van der Waals surface area contributed by atoms with Crippen molar-refractivity contribution >= 4 is 39.0 Å². The molecule has 0 aromatic carbocycles. The molecule has 2 atom stereocenters. The number of hydrogen-bond donors (Lipinski definition) is 1. The summed E-state index contributed by atoms with van der Waals surface area (Å²) >= 11 is 4.15. The number of carbonyl (C=O) groups is 2. The standard InChI is InChI=1S/C9H5BrF3NO2S/c10-4-5(14-8(16)9(11,12)13)3-1-2-17-7(3)6(4)15/h1-2,4-5H,(H,14,16). The van der Waals surface area contributed by atoms with Gasteiger partial charge in [0.05, 0.1) is 10.9 Å². The highest BCUT2D eigenvalue weighted by molar-refractivity contribution is 9.10. The lowest BCUT2D eigenvalue weighted by Crippen LogP contribution is -2.41. The maximum Gasteiger partial charge on any atom is 0.471 e. The van der Waals surface area contributed by atoms with E-state index in [1.54, 1.807) is 11.4 Å². The summed E-state index contributed by atoms with van der Waals surface area (Å²) in [7, 11) is 0. The summed E-state index contributed by atoms with van der Waals surface area (Å²) in [4.78, 5) is 22.0. The van der Waals surface area contributed by atoms with Crippen molar-refractivity contribution in [3.63, 3.8) is 0 Å². The van der Waals surface area contributed by atoms with Gasteiger partial charge in [-0.25, -0.2) is 0 Å². The largest absolute Gasteiger partial charge is 0.471 e. The Labute approximate surface area is 106 Å². The molecule has 1 aliphatic carbocycles. The smallest absolute Gasteiger partial charge is 0.340 e. The first kappa shape index (κ1) is 12.6. The van der Waals surface area contributed by atoms with Crippen LogP contribution < -0.4 is 5.32 Å². The number of carbonyl (C=O) groups excluding carboxylic acids is 2. The number of thiophene rings is 1. The second-order valence-electron chi connectivity index (χ2n) is 3.42. The quantitative estimate of drug-likeness (QED) is 0.805. The molecule has 0 saturated carbocycles. The summed E-state index contributed by atoms with van der Waals surface area (Å²) in [6, 6.07) is 0.582. The van der Waals surface area contributed by atoms with E-state index >= 15 is 0 Å². The molecule has 1 aromatic rings. The van der Waals surface area contributed by atoms with Crippen LogP contribution in [0.4, 0.5) is 13.2 Å². The molecule has 17 heavy (non-hydrogen) atoms. The zero-order chi connectivity index (χ0) is 12.8. The van der Waals surface area contributed by atoms with Crippen molar-refractivity contribution in [3.8, 4) is 0 Å². The molecule has 0 bridgehead atoms. The van der Waals surface area contributed by atoms with E-state index in [1.165, 1.54) is 0 Å². The second kappa shape index (κ2) is 4.09. The predicted molar refractivity (Wildman–Crippen MR) is 58.3 cm³/mol. The van der Waals surface area contributed by atoms with Crippen molar-refractivity contribution < 1.29 is 22.8 Å². The Morgan fingerprint density at radius 3 is 2.71 bits per heavy atom. The van der Waals surface area contributed by atoms with Crippen LogP contribution in [0.15, 0.2) is 11.4 Å². The number of hydrogen-bond acceptors (Lipinski definition) is 3. The van der Waals surface area contributed by atoms with E-state index < -0.39 is 23.0 Å². The Morgan fingerprint density at radius 1 is 1.47 bits per heavy atom. The minimum Gasteiger partial charge on any atom is -0.340 e. The average Bonchev–Trinajstić information content (AvgIpc) is 2.76. The molecule has 1 heterocycles. The first-order valence-corrected chi connectivity index (χ1v) is 6.25. The molecule has 1 amide bonds. The summed E-state index contributed by atoms with van der Waals surface area (Å²) in [6.45, 7) is 0. The molecule has 1 aliphatic rings. The van der Waals surface area contributed by atoms with Gasteiger partial charge in [-0.3, -0.25) is 9.59 Å². The molecule has 1 aromatic heterocycles. The van der Waals surface area contributed by atoms with Gasteiger partial charge < -0.3 is 5.32 Å². The number of ketones is 1. The van der Waals surface area contributed by atoms with Gasteiger partial charge in [0.15, 0.2) is 5.78 Å². The first-order chi connectivity index (χ1) is 7.82. The van der Waals surface area contributed by atoms with Crippen LogP contribution in [0.5, 0.6) is 0 Å². The van der Waals surface area contributed by atoms with Crippen molar-refractivity contribution in [2.75, 3.05) is 0 Å². The number of Topliss-reactive ketones (excluding diaryl/α,β-unsaturated/α-hetero) is 1. The molecule has 3 nitrogen and oxygen atoms in total. The van der Waals surface area contributed by atoms with Gasteiger partial charge in [-0.2, -0.15) is 13.2 Å². The molecule has 8 heteroatoms. The minimum atomic E-state index is -4.95. The van der Waals surface area contributed by atoms with E-state index in [9.17, 15) is 22.8 Å². The fourth-order valence-corrected chi connectivity index (χ4v) is 3.29. The summed E-state index contributed by atoms with van der Waals surface area (Å²) in [5, 5.41) is 3.42. The molecule has 2 rings (SSSR count). The number of nitrogens with one attached hydrogen (secondary N) is 1. The van der Waals surface area contributed by atoms with Crippen LogP contribution in [0.3, 0.4) is 0 Å². The summed E-state index contributed by atoms with van der Waals surface area (Å²) in [5.41, 5.74) is 0.430. The molecule has 0 fully saturated rings. The number of halogens is 4. The van der Waals surface area contributed by atoms with E-state index in [0.717, 1.165) is 11.3 Å². The number of rotatable bonds is 1. The Morgan fingerprint density at radius 2 is 2.12 bits per heavy atom. The highest BCUT2D eigenvalue weighted by Gasteiger charge is 2.45. The van der Waals surface area contributed by atoms with Crippen LogP contribution in [0.1, 0.15) is 21.3 Å². The Kier molecular flexibility index (Phi) is 3.03. The number of alkyl halides is 4. The van der Waals surface area contributed by atoms with Crippen molar-refractivity contribution in [1.29, 1.82) is 0 Å². The average molecular weight is 328 g/mol. The van der Waals surface area contributed by atoms with Crippen LogP contribution in [0.25, 0.3) is 0 Å². The molecule has 0 spiro atoms. The molecule has 2 unspecified atom stereocenters. The van der Waals surface area contributed by atoms with Crippen molar-refractivity contribution in [1.82, 2.24) is 5.32 Å². The van der Waals surface area contributed by atoms with Crippen molar-refractivity contribution in [3.05, 3.63) is 21.9 Å². The summed E-state index contributed by atoms with van der Waals surface area (Å²) < 4.78 is 36.4. The van der Waals surface area contributed by atoms with Gasteiger partial charge >= 0.3 is 12.1 Å². The summed E-state index contributed by atoms with van der Waals surface area (Å²) in [6.07, 6.45) is -4.95. The Hall–Kier alpha value is -0.890. The second-order valence-corrected chi connectivity index (χ2v) is 5.32. The van der Waals surface area contributed by atoms with E-state index in [1.807, 2.05) is 5.32 Å². The molecular weight excluding hydrogens is 323 g/mol. The van der Waals surface area contributed by atoms with Crippen molar-refractivity contribution in [2.45, 2.75) is 17.0 Å². The van der Waals surface area contributed by atoms with E-state index in [2.05, 4.69) is 15.9 Å². The lowest BCUT2D eigenvalue weighted by Gasteiger charge is -2.17. The predicted octanol–water partition coefficient (Wildman–Crippen LogP) is 2.43. The van der Waals surface area contributed by atoms with Crippen LogP contribution in [-0.2, 0) is 4.79 Å². The fourth-order valence-electron chi connectivity index (χ4n) is 1.57. The van der Waals surface area contributed by atoms with Gasteiger partial charge in [-0.05, 0) is 17.0 Å². The third kappa shape index (κ3) is 2.11. The molecule has 92 valence electrons. The molecule has 0 radical (unpaired) electrons. The van der Waals surface area contributed by atoms with Gasteiger partial charge in [-0.1, -0.05) is 15.9 Å². The normalized spacial score (nSPS) is 23.6. The van der Waals surface area contributed by atoms with Gasteiger partial charge in [0, 0.05) is 0 Å². The molecule has 0 saturated heterocycles. The number of fused-ring (bicyclic) bond motifs is 1. The highest BCUT2D eigenvalue weighted by Crippen LogP contribution is 2.39. The molecule has 1 N–H and O–H groups in total. The SMILES string of the molecule is O=C1c2sccc2C(NC(=O)C(F)(F)F)C1Br. The van der Waals surface area contributed by atoms with Crippen LogP contribution in [-0.4, -0.2) is 22.7 Å². The zero-order valence-electron chi connectivity index (χ0n) is 8.05. The lowest BCUT2D eigenvalue weighted by molar-refractivity contribution is -0.174. The monoisotopic (exact) mass is 327 g/mol. The molecule has 0 aliphatic heterocycles. The van der Waals surface area contributed by atoms with Crippen LogP contribution in [0, 0.1) is 0 Å². The van der Waals surface area contributed by atoms with E-state index in [4.69, 9.17) is 0 Å². The van der Waals surface area contributed by atoms with Gasteiger partial charge in [0.2, 0.25) is 0 Å². The third-order valence-corrected chi connectivity index (χ3v) is 4.23. The van der Waals surface area contributed by atoms with Gasteiger partial charge in [-0.15, -0.1) is 11.3 Å². The Balaban J connectivity index is 2.24. The topological polar surface area (TPSA) is 46.2 Å². The minimum absolute atomic E-state index is 0.303. The van der Waals surface area contributed by atoms with Gasteiger partial charge in [0.25, 0.3) is 0 Å².